The van der Waals surface area contributed by atoms with Crippen molar-refractivity contribution in [1.82, 2.24) is 9.97 Å². The smallest absolute Gasteiger partial charge is 0.181 e. The van der Waals surface area contributed by atoms with Gasteiger partial charge >= 0.3 is 0 Å². The van der Waals surface area contributed by atoms with Gasteiger partial charge < -0.3 is 5.73 Å². The van der Waals surface area contributed by atoms with E-state index >= 15 is 0 Å². The number of thioether (sulfide) groups is 1. The molecule has 3 nitrogen and oxygen atoms in total. The summed E-state index contributed by atoms with van der Waals surface area (Å²) in [5.41, 5.74) is 7.78. The molecule has 0 spiro atoms. The van der Waals surface area contributed by atoms with Gasteiger partial charge in [-0.1, -0.05) is 22.9 Å². The molecule has 2 aromatic rings. The lowest BCUT2D eigenvalue weighted by Gasteiger charge is -2.00. The van der Waals surface area contributed by atoms with E-state index in [-0.39, 0.29) is 0 Å². The molecular formula is C10H10ClN3S2. The minimum Gasteiger partial charge on any atom is -0.375 e. The number of anilines is 1. The number of hydrogen-bond acceptors (Lipinski definition) is 5. The minimum atomic E-state index is 0.527. The van der Waals surface area contributed by atoms with Gasteiger partial charge in [0.1, 0.15) is 5.15 Å². The Morgan fingerprint density at radius 2 is 2.38 bits per heavy atom. The second kappa shape index (κ2) is 5.03. The zero-order valence-electron chi connectivity index (χ0n) is 8.61. The Morgan fingerprint density at radius 3 is 3.00 bits per heavy atom. The summed E-state index contributed by atoms with van der Waals surface area (Å²) in [6, 6.07) is 3.83. The highest BCUT2D eigenvalue weighted by molar-refractivity contribution is 8.00. The number of rotatable bonds is 3. The predicted molar refractivity (Wildman–Crippen MR) is 70.1 cm³/mol. The van der Waals surface area contributed by atoms with Crippen LogP contribution in [-0.2, 0) is 5.75 Å². The zero-order chi connectivity index (χ0) is 11.5. The lowest BCUT2D eigenvalue weighted by atomic mass is 10.3. The first-order valence-electron chi connectivity index (χ1n) is 4.61. The molecule has 0 saturated heterocycles. The molecule has 0 aliphatic carbocycles. The van der Waals surface area contributed by atoms with Gasteiger partial charge in [0.25, 0.3) is 0 Å². The molecule has 6 heteroatoms. The molecule has 0 fully saturated rings. The topological polar surface area (TPSA) is 51.8 Å². The molecule has 0 radical (unpaired) electrons. The molecule has 2 aromatic heterocycles. The first-order chi connectivity index (χ1) is 7.65. The average Bonchev–Trinajstić information content (AvgIpc) is 2.54. The fourth-order valence-corrected chi connectivity index (χ4v) is 3.38. The van der Waals surface area contributed by atoms with E-state index in [9.17, 15) is 0 Å². The summed E-state index contributed by atoms with van der Waals surface area (Å²) < 4.78 is 1.16. The fourth-order valence-electron chi connectivity index (χ4n) is 1.22. The first-order valence-corrected chi connectivity index (χ1v) is 6.79. The van der Waals surface area contributed by atoms with Crippen LogP contribution in [0.2, 0.25) is 5.15 Å². The third-order valence-corrected chi connectivity index (χ3v) is 4.56. The van der Waals surface area contributed by atoms with Crippen LogP contribution in [0.15, 0.2) is 22.5 Å². The quantitative estimate of drug-likeness (QED) is 0.687. The van der Waals surface area contributed by atoms with E-state index in [1.54, 1.807) is 18.0 Å². The SMILES string of the molecule is Cc1nc(N)sc1SCc1ccnc(Cl)c1. The molecule has 0 bridgehead atoms. The van der Waals surface area contributed by atoms with Crippen LogP contribution in [0.4, 0.5) is 5.13 Å². The Kier molecular flexibility index (Phi) is 3.68. The maximum Gasteiger partial charge on any atom is 0.181 e. The van der Waals surface area contributed by atoms with E-state index in [4.69, 9.17) is 17.3 Å². The Morgan fingerprint density at radius 1 is 1.56 bits per heavy atom. The molecular weight excluding hydrogens is 262 g/mol. The number of nitrogen functional groups attached to an aromatic ring is 1. The molecule has 0 atom stereocenters. The molecule has 0 unspecified atom stereocenters. The Hall–Kier alpha value is -0.780. The number of halogens is 1. The number of pyridine rings is 1. The van der Waals surface area contributed by atoms with Crippen molar-refractivity contribution in [2.45, 2.75) is 16.9 Å². The van der Waals surface area contributed by atoms with Crippen LogP contribution >= 0.6 is 34.7 Å². The van der Waals surface area contributed by atoms with Gasteiger partial charge in [-0.25, -0.2) is 9.97 Å². The van der Waals surface area contributed by atoms with E-state index in [0.717, 1.165) is 21.2 Å². The number of aryl methyl sites for hydroxylation is 1. The number of aromatic nitrogens is 2. The van der Waals surface area contributed by atoms with E-state index in [1.165, 1.54) is 11.3 Å². The van der Waals surface area contributed by atoms with Crippen LogP contribution in [0.25, 0.3) is 0 Å². The molecule has 16 heavy (non-hydrogen) atoms. The Balaban J connectivity index is 2.05. The van der Waals surface area contributed by atoms with Crippen molar-refractivity contribution in [3.05, 3.63) is 34.7 Å². The molecule has 2 heterocycles. The predicted octanol–water partition coefficient (Wildman–Crippen LogP) is 3.37. The van der Waals surface area contributed by atoms with Gasteiger partial charge in [-0.2, -0.15) is 0 Å². The van der Waals surface area contributed by atoms with Crippen LogP contribution in [-0.4, -0.2) is 9.97 Å². The highest BCUT2D eigenvalue weighted by atomic mass is 35.5. The number of thiazole rings is 1. The van der Waals surface area contributed by atoms with Crippen molar-refractivity contribution in [3.8, 4) is 0 Å². The maximum atomic E-state index is 5.81. The molecule has 0 aromatic carbocycles. The fraction of sp³-hybridized carbons (Fsp3) is 0.200. The molecule has 0 aliphatic heterocycles. The second-order valence-corrected chi connectivity index (χ2v) is 5.86. The Labute approximate surface area is 107 Å². The van der Waals surface area contributed by atoms with Gasteiger partial charge in [0, 0.05) is 11.9 Å². The van der Waals surface area contributed by atoms with Gasteiger partial charge in [0.2, 0.25) is 0 Å². The highest BCUT2D eigenvalue weighted by Crippen LogP contribution is 2.32. The minimum absolute atomic E-state index is 0.527. The van der Waals surface area contributed by atoms with Crippen molar-refractivity contribution < 1.29 is 0 Å². The van der Waals surface area contributed by atoms with Gasteiger partial charge in [-0.3, -0.25) is 0 Å². The summed E-state index contributed by atoms with van der Waals surface area (Å²) in [6.07, 6.45) is 1.71. The molecule has 2 N–H and O–H groups in total. The average molecular weight is 272 g/mol. The van der Waals surface area contributed by atoms with Gasteiger partial charge in [-0.15, -0.1) is 11.8 Å². The van der Waals surface area contributed by atoms with Crippen molar-refractivity contribution >= 4 is 39.8 Å². The van der Waals surface area contributed by atoms with Crippen molar-refractivity contribution in [3.63, 3.8) is 0 Å². The van der Waals surface area contributed by atoms with Crippen molar-refractivity contribution in [2.24, 2.45) is 0 Å². The van der Waals surface area contributed by atoms with E-state index in [2.05, 4.69) is 9.97 Å². The molecule has 0 saturated carbocycles. The summed E-state index contributed by atoms with van der Waals surface area (Å²) in [5, 5.41) is 1.14. The summed E-state index contributed by atoms with van der Waals surface area (Å²) in [4.78, 5) is 8.12. The van der Waals surface area contributed by atoms with E-state index in [1.807, 2.05) is 19.1 Å². The number of hydrogen-bond donors (Lipinski definition) is 1. The van der Waals surface area contributed by atoms with Crippen molar-refractivity contribution in [2.75, 3.05) is 5.73 Å². The van der Waals surface area contributed by atoms with Gasteiger partial charge in [0.05, 0.1) is 9.90 Å². The van der Waals surface area contributed by atoms with Crippen LogP contribution < -0.4 is 5.73 Å². The maximum absolute atomic E-state index is 5.81. The third kappa shape index (κ3) is 2.87. The van der Waals surface area contributed by atoms with Gasteiger partial charge in [0.15, 0.2) is 5.13 Å². The lowest BCUT2D eigenvalue weighted by Crippen LogP contribution is -1.83. The number of nitrogens with two attached hydrogens (primary N) is 1. The van der Waals surface area contributed by atoms with Crippen LogP contribution in [0.1, 0.15) is 11.3 Å². The largest absolute Gasteiger partial charge is 0.375 e. The second-order valence-electron chi connectivity index (χ2n) is 3.20. The standard InChI is InChI=1S/C10H10ClN3S2/c1-6-9(16-10(12)14-6)15-5-7-2-3-13-8(11)4-7/h2-4H,5H2,1H3,(H2,12,14). The summed E-state index contributed by atoms with van der Waals surface area (Å²) in [6.45, 7) is 1.97. The van der Waals surface area contributed by atoms with E-state index in [0.29, 0.717) is 10.3 Å². The normalized spacial score (nSPS) is 10.6. The van der Waals surface area contributed by atoms with E-state index < -0.39 is 0 Å². The lowest BCUT2D eigenvalue weighted by molar-refractivity contribution is 1.21. The Bertz CT molecular complexity index is 499. The summed E-state index contributed by atoms with van der Waals surface area (Å²) in [7, 11) is 0. The summed E-state index contributed by atoms with van der Waals surface area (Å²) in [5.74, 6) is 0.852. The molecule has 0 aliphatic rings. The van der Waals surface area contributed by atoms with Crippen LogP contribution in [0, 0.1) is 6.92 Å². The zero-order valence-corrected chi connectivity index (χ0v) is 11.0. The first kappa shape index (κ1) is 11.7. The molecule has 0 amide bonds. The van der Waals surface area contributed by atoms with Crippen LogP contribution in [0.5, 0.6) is 0 Å². The monoisotopic (exact) mass is 271 g/mol. The highest BCUT2D eigenvalue weighted by Gasteiger charge is 2.06. The molecule has 84 valence electrons. The van der Waals surface area contributed by atoms with Gasteiger partial charge in [-0.05, 0) is 24.6 Å². The third-order valence-electron chi connectivity index (χ3n) is 1.93. The summed E-state index contributed by atoms with van der Waals surface area (Å²) >= 11 is 9.05. The molecule has 2 rings (SSSR count). The van der Waals surface area contributed by atoms with Crippen LogP contribution in [0.3, 0.4) is 0 Å². The number of nitrogens with zero attached hydrogens (tertiary/aromatic N) is 2. The van der Waals surface area contributed by atoms with Crippen molar-refractivity contribution in [1.29, 1.82) is 0 Å².